The van der Waals surface area contributed by atoms with E-state index in [2.05, 4.69) is 58.0 Å². The second-order valence-corrected chi connectivity index (χ2v) is 11.9. The number of urea groups is 1. The van der Waals surface area contributed by atoms with E-state index in [9.17, 15) is 18.0 Å². The normalized spacial score (nSPS) is 12.9. The number of rotatable bonds is 8. The lowest BCUT2D eigenvalue weighted by atomic mass is 9.96. The van der Waals surface area contributed by atoms with E-state index in [0.29, 0.717) is 28.8 Å². The van der Waals surface area contributed by atoms with Crippen molar-refractivity contribution >= 4 is 17.4 Å². The Morgan fingerprint density at radius 3 is 2.40 bits per heavy atom. The molecule has 12 heteroatoms. The van der Waals surface area contributed by atoms with Gasteiger partial charge in [-0.05, 0) is 72.7 Å². The molecule has 0 radical (unpaired) electrons. The van der Waals surface area contributed by atoms with E-state index in [1.54, 1.807) is 0 Å². The summed E-state index contributed by atoms with van der Waals surface area (Å²) in [6.07, 6.45) is -3.26. The molecular formula is C33H33F3N6O2S. The number of carbonyl (C=O) groups is 1. The monoisotopic (exact) mass is 634 g/mol. The predicted octanol–water partition coefficient (Wildman–Crippen LogP) is 7.84. The number of amides is 2. The van der Waals surface area contributed by atoms with Crippen molar-refractivity contribution in [3.05, 3.63) is 106 Å². The molecule has 0 aliphatic rings. The van der Waals surface area contributed by atoms with E-state index in [1.807, 2.05) is 54.1 Å². The van der Waals surface area contributed by atoms with Crippen molar-refractivity contribution in [2.45, 2.75) is 52.8 Å². The lowest BCUT2D eigenvalue weighted by molar-refractivity contribution is -0.274. The van der Waals surface area contributed by atoms with Gasteiger partial charge < -0.3 is 10.1 Å². The van der Waals surface area contributed by atoms with Crippen LogP contribution in [0.1, 0.15) is 55.0 Å². The molecule has 234 valence electrons. The standard InChI is InChI=1S/C33H33F3N6O2S/c1-20(2)29-21(3)7-6-8-28(29)42-23(5)18-45-32(42)39-31(43)37-17-22(4)24-9-11-25(12-10-24)30-38-19-41(40-30)26-13-15-27(16-14-26)44-33(34,35)36/h6-16,18-20,22H,17H2,1-5H3,(H,37,43). The van der Waals surface area contributed by atoms with Gasteiger partial charge in [-0.1, -0.05) is 57.2 Å². The second-order valence-electron chi connectivity index (χ2n) is 11.0. The van der Waals surface area contributed by atoms with Gasteiger partial charge in [-0.15, -0.1) is 29.6 Å². The Hall–Kier alpha value is -4.71. The van der Waals surface area contributed by atoms with Crippen molar-refractivity contribution in [2.24, 2.45) is 4.99 Å². The van der Waals surface area contributed by atoms with Crippen LogP contribution in [-0.4, -0.2) is 38.3 Å². The molecule has 0 spiro atoms. The van der Waals surface area contributed by atoms with Gasteiger partial charge in [0.05, 0.1) is 11.4 Å². The largest absolute Gasteiger partial charge is 0.573 e. The number of alkyl halides is 3. The zero-order chi connectivity index (χ0) is 32.3. The average Bonchev–Trinajstić information content (AvgIpc) is 3.62. The van der Waals surface area contributed by atoms with Crippen LogP contribution in [0.15, 0.2) is 83.4 Å². The molecule has 0 aliphatic carbocycles. The minimum absolute atomic E-state index is 0.0164. The van der Waals surface area contributed by atoms with Gasteiger partial charge in [-0.3, -0.25) is 4.57 Å². The number of benzene rings is 3. The van der Waals surface area contributed by atoms with Gasteiger partial charge in [0.25, 0.3) is 0 Å². The maximum atomic E-state index is 12.9. The minimum Gasteiger partial charge on any atom is -0.406 e. The highest BCUT2D eigenvalue weighted by atomic mass is 32.1. The van der Waals surface area contributed by atoms with Gasteiger partial charge in [0.1, 0.15) is 12.1 Å². The maximum absolute atomic E-state index is 12.9. The lowest BCUT2D eigenvalue weighted by Gasteiger charge is -2.17. The van der Waals surface area contributed by atoms with Crippen molar-refractivity contribution in [2.75, 3.05) is 6.54 Å². The molecule has 3 aromatic carbocycles. The predicted molar refractivity (Wildman–Crippen MR) is 168 cm³/mol. The number of thiazole rings is 1. The fourth-order valence-corrected chi connectivity index (χ4v) is 6.01. The van der Waals surface area contributed by atoms with Gasteiger partial charge in [-0.2, -0.15) is 4.99 Å². The Bertz CT molecular complexity index is 1860. The first kappa shape index (κ1) is 31.7. The maximum Gasteiger partial charge on any atom is 0.573 e. The highest BCUT2D eigenvalue weighted by Crippen LogP contribution is 2.28. The summed E-state index contributed by atoms with van der Waals surface area (Å²) in [7, 11) is 0. The van der Waals surface area contributed by atoms with E-state index >= 15 is 0 Å². The highest BCUT2D eigenvalue weighted by Gasteiger charge is 2.31. The third-order valence-electron chi connectivity index (χ3n) is 7.32. The SMILES string of the molecule is Cc1cccc(-n2c(C)csc2=NC(=O)NCC(C)c2ccc(-c3ncn(-c4ccc(OC(F)(F)F)cc4)n3)cc2)c1C(C)C. The van der Waals surface area contributed by atoms with Crippen molar-refractivity contribution in [1.82, 2.24) is 24.6 Å². The summed E-state index contributed by atoms with van der Waals surface area (Å²) in [6, 6.07) is 18.9. The Morgan fingerprint density at radius 1 is 1.02 bits per heavy atom. The Balaban J connectivity index is 1.23. The molecule has 0 fully saturated rings. The van der Waals surface area contributed by atoms with Crippen molar-refractivity contribution in [3.8, 4) is 28.5 Å². The molecule has 8 nitrogen and oxygen atoms in total. The molecule has 2 aromatic heterocycles. The number of nitrogens with one attached hydrogen (secondary N) is 1. The van der Waals surface area contributed by atoms with Gasteiger partial charge in [0.15, 0.2) is 10.6 Å². The summed E-state index contributed by atoms with van der Waals surface area (Å²) in [5, 5.41) is 9.39. The zero-order valence-corrected chi connectivity index (χ0v) is 26.3. The van der Waals surface area contributed by atoms with Crippen molar-refractivity contribution in [1.29, 1.82) is 0 Å². The fraction of sp³-hybridized carbons (Fsp3) is 0.273. The summed E-state index contributed by atoms with van der Waals surface area (Å²) in [5.74, 6) is 0.484. The molecule has 2 amide bonds. The summed E-state index contributed by atoms with van der Waals surface area (Å²) >= 11 is 1.43. The third-order valence-corrected chi connectivity index (χ3v) is 8.26. The topological polar surface area (TPSA) is 86.3 Å². The molecule has 1 N–H and O–H groups in total. The number of hydrogen-bond donors (Lipinski definition) is 1. The lowest BCUT2D eigenvalue weighted by Crippen LogP contribution is -2.28. The quantitative estimate of drug-likeness (QED) is 0.188. The number of aromatic nitrogens is 4. The number of ether oxygens (including phenoxy) is 1. The van der Waals surface area contributed by atoms with E-state index in [4.69, 9.17) is 0 Å². The molecule has 2 heterocycles. The van der Waals surface area contributed by atoms with E-state index in [-0.39, 0.29) is 11.7 Å². The minimum atomic E-state index is -4.75. The fourth-order valence-electron chi connectivity index (χ4n) is 5.14. The Labute approximate surface area is 262 Å². The molecule has 1 unspecified atom stereocenters. The second kappa shape index (κ2) is 13.1. The van der Waals surface area contributed by atoms with Gasteiger partial charge in [0.2, 0.25) is 0 Å². The number of aryl methyl sites for hydroxylation is 2. The van der Waals surface area contributed by atoms with E-state index in [0.717, 1.165) is 22.5 Å². The molecule has 1 atom stereocenters. The molecule has 5 rings (SSSR count). The van der Waals surface area contributed by atoms with Crippen LogP contribution in [-0.2, 0) is 0 Å². The summed E-state index contributed by atoms with van der Waals surface area (Å²) in [4.78, 5) is 22.3. The average molecular weight is 635 g/mol. The van der Waals surface area contributed by atoms with E-state index < -0.39 is 12.4 Å². The van der Waals surface area contributed by atoms with Crippen LogP contribution in [0.2, 0.25) is 0 Å². The molecule has 0 saturated carbocycles. The first-order chi connectivity index (χ1) is 21.4. The van der Waals surface area contributed by atoms with Crippen LogP contribution < -0.4 is 14.9 Å². The van der Waals surface area contributed by atoms with Crippen LogP contribution >= 0.6 is 11.3 Å². The summed E-state index contributed by atoms with van der Waals surface area (Å²) < 4.78 is 44.7. The van der Waals surface area contributed by atoms with Crippen LogP contribution in [0.25, 0.3) is 22.8 Å². The summed E-state index contributed by atoms with van der Waals surface area (Å²) in [6.45, 7) is 10.9. The van der Waals surface area contributed by atoms with Crippen molar-refractivity contribution in [3.63, 3.8) is 0 Å². The number of nitrogens with zero attached hydrogens (tertiary/aromatic N) is 5. The Kier molecular flexibility index (Phi) is 9.24. The van der Waals surface area contributed by atoms with Gasteiger partial charge in [0, 0.05) is 23.2 Å². The smallest absolute Gasteiger partial charge is 0.406 e. The number of hydrogen-bond acceptors (Lipinski definition) is 5. The first-order valence-electron chi connectivity index (χ1n) is 14.4. The third kappa shape index (κ3) is 7.51. The van der Waals surface area contributed by atoms with Gasteiger partial charge >= 0.3 is 12.4 Å². The molecule has 45 heavy (non-hydrogen) atoms. The molecule has 0 saturated heterocycles. The van der Waals surface area contributed by atoms with E-state index in [1.165, 1.54) is 57.7 Å². The zero-order valence-electron chi connectivity index (χ0n) is 25.5. The molecule has 0 bridgehead atoms. The summed E-state index contributed by atoms with van der Waals surface area (Å²) in [5.41, 5.74) is 6.81. The molecule has 0 aliphatic heterocycles. The van der Waals surface area contributed by atoms with Crippen LogP contribution in [0.5, 0.6) is 5.75 Å². The van der Waals surface area contributed by atoms with Crippen LogP contribution in [0.4, 0.5) is 18.0 Å². The Morgan fingerprint density at radius 2 is 1.73 bits per heavy atom. The first-order valence-corrected chi connectivity index (χ1v) is 15.3. The molecule has 5 aromatic rings. The highest BCUT2D eigenvalue weighted by molar-refractivity contribution is 7.07. The van der Waals surface area contributed by atoms with Crippen molar-refractivity contribution < 1.29 is 22.7 Å². The van der Waals surface area contributed by atoms with Crippen LogP contribution in [0, 0.1) is 13.8 Å². The number of carbonyl (C=O) groups excluding carboxylic acids is 1. The van der Waals surface area contributed by atoms with Crippen LogP contribution in [0.3, 0.4) is 0 Å². The molecular weight excluding hydrogens is 601 g/mol. The van der Waals surface area contributed by atoms with Gasteiger partial charge in [-0.25, -0.2) is 14.5 Å². The number of halogens is 3.